The molecule has 1 atom stereocenters. The van der Waals surface area contributed by atoms with Crippen molar-refractivity contribution >= 4 is 29.9 Å². The summed E-state index contributed by atoms with van der Waals surface area (Å²) in [6, 6.07) is 6.31. The molecule has 0 spiro atoms. The second-order valence-electron chi connectivity index (χ2n) is 8.31. The number of rotatable bonds is 9. The number of nitrogens with zero attached hydrogens (tertiary/aromatic N) is 2. The fraction of sp³-hybridized carbons (Fsp3) is 0.682. The van der Waals surface area contributed by atoms with Crippen molar-refractivity contribution in [2.24, 2.45) is 4.99 Å². The Morgan fingerprint density at radius 3 is 2.69 bits per heavy atom. The van der Waals surface area contributed by atoms with E-state index in [1.165, 1.54) is 5.56 Å². The highest BCUT2D eigenvalue weighted by atomic mass is 127. The first-order valence-corrected chi connectivity index (χ1v) is 10.4. The Morgan fingerprint density at radius 1 is 1.31 bits per heavy atom. The maximum atomic E-state index is 6.10. The van der Waals surface area contributed by atoms with Crippen molar-refractivity contribution in [2.75, 3.05) is 40.4 Å². The Balaban J connectivity index is 0.00000420. The van der Waals surface area contributed by atoms with Crippen LogP contribution in [0.25, 0.3) is 0 Å². The summed E-state index contributed by atoms with van der Waals surface area (Å²) in [5.41, 5.74) is 2.32. The molecule has 0 saturated carbocycles. The van der Waals surface area contributed by atoms with Gasteiger partial charge in [-0.2, -0.15) is 0 Å². The van der Waals surface area contributed by atoms with E-state index >= 15 is 0 Å². The Labute approximate surface area is 193 Å². The molecule has 1 heterocycles. The smallest absolute Gasteiger partial charge is 0.191 e. The Morgan fingerprint density at radius 2 is 2.07 bits per heavy atom. The molecule has 1 fully saturated rings. The van der Waals surface area contributed by atoms with Crippen LogP contribution >= 0.6 is 24.0 Å². The molecule has 7 heteroatoms. The average molecular weight is 518 g/mol. The number of likely N-dealkylation sites (N-methyl/N-ethyl adjacent to an activating group) is 1. The molecule has 2 N–H and O–H groups in total. The summed E-state index contributed by atoms with van der Waals surface area (Å²) in [5, 5.41) is 6.79. The van der Waals surface area contributed by atoms with Crippen molar-refractivity contribution in [3.05, 3.63) is 29.3 Å². The number of halogens is 1. The Kier molecular flexibility index (Phi) is 11.3. The van der Waals surface area contributed by atoms with Gasteiger partial charge >= 0.3 is 0 Å². The van der Waals surface area contributed by atoms with Gasteiger partial charge in [-0.1, -0.05) is 12.1 Å². The standard InChI is InChI=1S/C22H38N4O2.HI/c1-7-23-21(25-16-22(3,4)26(5)6)24-14-18-11-10-17(2)13-20(18)28-15-19-9-8-12-27-19;/h10-11,13,19H,7-9,12,14-16H2,1-6H3,(H2,23,24,25);1H. The van der Waals surface area contributed by atoms with Crippen LogP contribution in [0.15, 0.2) is 23.2 Å². The largest absolute Gasteiger partial charge is 0.491 e. The van der Waals surface area contributed by atoms with E-state index in [0.717, 1.165) is 49.8 Å². The first kappa shape index (κ1) is 26.0. The summed E-state index contributed by atoms with van der Waals surface area (Å²) in [5.74, 6) is 1.73. The van der Waals surface area contributed by atoms with Gasteiger partial charge in [0.15, 0.2) is 5.96 Å². The molecule has 1 aromatic rings. The number of aryl methyl sites for hydroxylation is 1. The molecule has 0 amide bonds. The van der Waals surface area contributed by atoms with E-state index in [-0.39, 0.29) is 35.6 Å². The van der Waals surface area contributed by atoms with Crippen LogP contribution in [-0.4, -0.2) is 62.9 Å². The third-order valence-electron chi connectivity index (χ3n) is 5.32. The van der Waals surface area contributed by atoms with Gasteiger partial charge < -0.3 is 25.0 Å². The van der Waals surface area contributed by atoms with Gasteiger partial charge in [0.25, 0.3) is 0 Å². The van der Waals surface area contributed by atoms with Crippen LogP contribution in [0.5, 0.6) is 5.75 Å². The van der Waals surface area contributed by atoms with Crippen LogP contribution in [-0.2, 0) is 11.3 Å². The van der Waals surface area contributed by atoms with Gasteiger partial charge in [0.05, 0.1) is 12.6 Å². The van der Waals surface area contributed by atoms with E-state index in [1.54, 1.807) is 0 Å². The third kappa shape index (κ3) is 8.68. The number of aliphatic imine (C=N–C) groups is 1. The third-order valence-corrected chi connectivity index (χ3v) is 5.32. The van der Waals surface area contributed by atoms with Crippen LogP contribution < -0.4 is 15.4 Å². The molecule has 1 aliphatic heterocycles. The quantitative estimate of drug-likeness (QED) is 0.298. The molecule has 1 unspecified atom stereocenters. The highest BCUT2D eigenvalue weighted by Crippen LogP contribution is 2.23. The van der Waals surface area contributed by atoms with Gasteiger partial charge in [0.1, 0.15) is 12.4 Å². The van der Waals surface area contributed by atoms with Crippen molar-refractivity contribution < 1.29 is 9.47 Å². The van der Waals surface area contributed by atoms with E-state index in [0.29, 0.717) is 13.2 Å². The first-order valence-electron chi connectivity index (χ1n) is 10.4. The highest BCUT2D eigenvalue weighted by molar-refractivity contribution is 14.0. The number of guanidine groups is 1. The lowest BCUT2D eigenvalue weighted by atomic mass is 10.0. The molecule has 1 saturated heterocycles. The SMILES string of the molecule is CCNC(=NCc1ccc(C)cc1OCC1CCCO1)NCC(C)(C)N(C)C.I. The second kappa shape index (κ2) is 12.6. The van der Waals surface area contributed by atoms with Crippen molar-refractivity contribution in [2.45, 2.75) is 58.7 Å². The molecule has 0 aromatic heterocycles. The molecule has 0 aliphatic carbocycles. The summed E-state index contributed by atoms with van der Waals surface area (Å²) in [7, 11) is 4.19. The zero-order chi connectivity index (χ0) is 20.6. The van der Waals surface area contributed by atoms with Gasteiger partial charge in [0.2, 0.25) is 0 Å². The summed E-state index contributed by atoms with van der Waals surface area (Å²) < 4.78 is 11.8. The Hall–Kier alpha value is -1.06. The fourth-order valence-electron chi connectivity index (χ4n) is 2.85. The lowest BCUT2D eigenvalue weighted by Gasteiger charge is -2.33. The summed E-state index contributed by atoms with van der Waals surface area (Å²) >= 11 is 0. The normalized spacial score (nSPS) is 17.2. The molecular weight excluding hydrogens is 479 g/mol. The number of ether oxygens (including phenoxy) is 2. The van der Waals surface area contributed by atoms with Crippen LogP contribution in [0.4, 0.5) is 0 Å². The second-order valence-corrected chi connectivity index (χ2v) is 8.31. The van der Waals surface area contributed by atoms with Gasteiger partial charge in [-0.3, -0.25) is 0 Å². The number of nitrogens with one attached hydrogen (secondary N) is 2. The lowest BCUT2D eigenvalue weighted by molar-refractivity contribution is 0.0676. The molecule has 6 nitrogen and oxygen atoms in total. The van der Waals surface area contributed by atoms with Gasteiger partial charge in [-0.05, 0) is 66.3 Å². The molecule has 0 radical (unpaired) electrons. The fourth-order valence-corrected chi connectivity index (χ4v) is 2.85. The zero-order valence-corrected chi connectivity index (χ0v) is 21.2. The van der Waals surface area contributed by atoms with Crippen LogP contribution in [0.2, 0.25) is 0 Å². The number of benzene rings is 1. The minimum atomic E-state index is 0. The van der Waals surface area contributed by atoms with Crippen LogP contribution in [0.1, 0.15) is 44.7 Å². The van der Waals surface area contributed by atoms with Gasteiger partial charge in [-0.25, -0.2) is 4.99 Å². The summed E-state index contributed by atoms with van der Waals surface area (Å²) in [6.07, 6.45) is 2.42. The summed E-state index contributed by atoms with van der Waals surface area (Å²) in [6.45, 7) is 12.2. The van der Waals surface area contributed by atoms with E-state index < -0.39 is 0 Å². The molecule has 1 aromatic carbocycles. The van der Waals surface area contributed by atoms with Crippen molar-refractivity contribution in [1.82, 2.24) is 15.5 Å². The van der Waals surface area contributed by atoms with Gasteiger partial charge in [-0.15, -0.1) is 24.0 Å². The molecule has 0 bridgehead atoms. The first-order chi connectivity index (χ1) is 13.3. The molecule has 166 valence electrons. The van der Waals surface area contributed by atoms with Crippen LogP contribution in [0.3, 0.4) is 0 Å². The van der Waals surface area contributed by atoms with Crippen molar-refractivity contribution in [3.63, 3.8) is 0 Å². The predicted octanol–water partition coefficient (Wildman–Crippen LogP) is 3.57. The Bertz CT molecular complexity index is 644. The van der Waals surface area contributed by atoms with E-state index in [1.807, 2.05) is 0 Å². The minimum Gasteiger partial charge on any atom is -0.491 e. The summed E-state index contributed by atoms with van der Waals surface area (Å²) in [4.78, 5) is 6.99. The highest BCUT2D eigenvalue weighted by Gasteiger charge is 2.20. The lowest BCUT2D eigenvalue weighted by Crippen LogP contribution is -2.50. The molecule has 29 heavy (non-hydrogen) atoms. The zero-order valence-electron chi connectivity index (χ0n) is 18.9. The average Bonchev–Trinajstić information content (AvgIpc) is 3.16. The van der Waals surface area contributed by atoms with Gasteiger partial charge in [0, 0.05) is 30.8 Å². The van der Waals surface area contributed by atoms with Crippen molar-refractivity contribution in [3.8, 4) is 5.75 Å². The minimum absolute atomic E-state index is 0. The van der Waals surface area contributed by atoms with E-state index in [2.05, 4.69) is 75.5 Å². The number of hydrogen-bond acceptors (Lipinski definition) is 4. The molecular formula is C22H39IN4O2. The predicted molar refractivity (Wildman–Crippen MR) is 132 cm³/mol. The topological polar surface area (TPSA) is 58.1 Å². The molecule has 2 rings (SSSR count). The van der Waals surface area contributed by atoms with Crippen LogP contribution in [0, 0.1) is 6.92 Å². The van der Waals surface area contributed by atoms with E-state index in [9.17, 15) is 0 Å². The monoisotopic (exact) mass is 518 g/mol. The van der Waals surface area contributed by atoms with Crippen molar-refractivity contribution in [1.29, 1.82) is 0 Å². The van der Waals surface area contributed by atoms with E-state index in [4.69, 9.17) is 14.5 Å². The molecule has 1 aliphatic rings. The maximum Gasteiger partial charge on any atom is 0.191 e. The number of hydrogen-bond donors (Lipinski definition) is 2. The maximum absolute atomic E-state index is 6.10.